The van der Waals surface area contributed by atoms with Crippen LogP contribution in [0.3, 0.4) is 0 Å². The molecule has 0 unspecified atom stereocenters. The van der Waals surface area contributed by atoms with Crippen molar-refractivity contribution in [3.05, 3.63) is 53.2 Å². The van der Waals surface area contributed by atoms with Gasteiger partial charge in [0.15, 0.2) is 0 Å². The van der Waals surface area contributed by atoms with Crippen molar-refractivity contribution in [3.8, 4) is 0 Å². The van der Waals surface area contributed by atoms with Gasteiger partial charge in [-0.15, -0.1) is 5.06 Å². The van der Waals surface area contributed by atoms with E-state index in [4.69, 9.17) is 21.3 Å². The van der Waals surface area contributed by atoms with Gasteiger partial charge in [-0.3, -0.25) is 10.1 Å². The summed E-state index contributed by atoms with van der Waals surface area (Å²) in [5.74, 6) is 0.356. The summed E-state index contributed by atoms with van der Waals surface area (Å²) in [4.78, 5) is 46.3. The Morgan fingerprint density at radius 1 is 1.08 bits per heavy atom. The van der Waals surface area contributed by atoms with Crippen LogP contribution < -0.4 is 10.2 Å². The molecule has 10 nitrogen and oxygen atoms in total. The Balaban J connectivity index is 1.29. The number of para-hydroxylation sites is 1. The third-order valence-corrected chi connectivity index (χ3v) is 7.40. The highest BCUT2D eigenvalue weighted by atomic mass is 35.5. The van der Waals surface area contributed by atoms with Gasteiger partial charge >= 0.3 is 6.09 Å². The molecule has 1 aromatic carbocycles. The SMILES string of the molecule is CCc1ccccc1NC(=O)ON1C(C(=O)N2CCN(c3ncccc3Cl)CC2)=NOC12CCCCC2. The number of anilines is 2. The number of halogens is 1. The third-order valence-electron chi connectivity index (χ3n) is 7.11. The van der Waals surface area contributed by atoms with Gasteiger partial charge in [0.05, 0.1) is 5.02 Å². The minimum Gasteiger partial charge on any atom is -0.362 e. The molecule has 2 aliphatic heterocycles. The van der Waals surface area contributed by atoms with Crippen LogP contribution in [-0.2, 0) is 20.9 Å². The second kappa shape index (κ2) is 10.8. The molecule has 0 atom stereocenters. The summed E-state index contributed by atoms with van der Waals surface area (Å²) in [5.41, 5.74) is 0.691. The number of nitrogens with zero attached hydrogens (tertiary/aromatic N) is 5. The number of amidine groups is 1. The Bertz CT molecular complexity index is 1180. The van der Waals surface area contributed by atoms with Crippen LogP contribution in [0, 0.1) is 0 Å². The lowest BCUT2D eigenvalue weighted by molar-refractivity contribution is -0.225. The normalized spacial score (nSPS) is 18.9. The van der Waals surface area contributed by atoms with E-state index in [9.17, 15) is 9.59 Å². The van der Waals surface area contributed by atoms with E-state index in [1.54, 1.807) is 23.2 Å². The Morgan fingerprint density at radius 3 is 2.57 bits per heavy atom. The Morgan fingerprint density at radius 2 is 1.84 bits per heavy atom. The van der Waals surface area contributed by atoms with Crippen LogP contribution in [0.15, 0.2) is 47.8 Å². The van der Waals surface area contributed by atoms with Crippen LogP contribution in [-0.4, -0.2) is 64.7 Å². The zero-order valence-corrected chi connectivity index (χ0v) is 21.6. The highest BCUT2D eigenvalue weighted by Crippen LogP contribution is 2.39. The first kappa shape index (κ1) is 25.1. The molecule has 1 saturated carbocycles. The molecule has 1 spiro atoms. The molecule has 0 radical (unpaired) electrons. The molecule has 37 heavy (non-hydrogen) atoms. The van der Waals surface area contributed by atoms with E-state index in [1.807, 2.05) is 31.2 Å². The number of hydrogen-bond donors (Lipinski definition) is 1. The van der Waals surface area contributed by atoms with Crippen molar-refractivity contribution in [2.75, 3.05) is 36.4 Å². The molecule has 1 N–H and O–H groups in total. The predicted molar refractivity (Wildman–Crippen MR) is 140 cm³/mol. The summed E-state index contributed by atoms with van der Waals surface area (Å²) < 4.78 is 0. The van der Waals surface area contributed by atoms with E-state index >= 15 is 0 Å². The topological polar surface area (TPSA) is 99.6 Å². The molecular weight excluding hydrogens is 496 g/mol. The number of hydroxylamine groups is 2. The molecule has 5 rings (SSSR count). The van der Waals surface area contributed by atoms with Gasteiger partial charge in [-0.05, 0) is 43.0 Å². The molecule has 11 heteroatoms. The molecule has 3 aliphatic rings. The summed E-state index contributed by atoms with van der Waals surface area (Å²) in [5, 5.41) is 8.85. The predicted octanol–water partition coefficient (Wildman–Crippen LogP) is 4.42. The number of rotatable bonds is 5. The van der Waals surface area contributed by atoms with Crippen molar-refractivity contribution in [1.29, 1.82) is 0 Å². The maximum absolute atomic E-state index is 13.6. The highest BCUT2D eigenvalue weighted by molar-refractivity contribution is 6.37. The summed E-state index contributed by atoms with van der Waals surface area (Å²) in [6.07, 6.45) is 5.82. The van der Waals surface area contributed by atoms with Gasteiger partial charge in [-0.25, -0.2) is 9.78 Å². The van der Waals surface area contributed by atoms with Gasteiger partial charge in [-0.1, -0.05) is 48.3 Å². The van der Waals surface area contributed by atoms with Gasteiger partial charge in [0.25, 0.3) is 11.7 Å². The molecule has 196 valence electrons. The number of piperazine rings is 1. The van der Waals surface area contributed by atoms with Crippen molar-refractivity contribution in [1.82, 2.24) is 14.9 Å². The Hall–Kier alpha value is -3.53. The zero-order chi connectivity index (χ0) is 25.8. The number of carbonyl (C=O) groups is 2. The average Bonchev–Trinajstić information content (AvgIpc) is 3.25. The lowest BCUT2D eigenvalue weighted by Crippen LogP contribution is -2.57. The third kappa shape index (κ3) is 5.16. The highest BCUT2D eigenvalue weighted by Gasteiger charge is 2.52. The molecule has 2 aromatic rings. The van der Waals surface area contributed by atoms with E-state index in [2.05, 4.69) is 20.4 Å². The summed E-state index contributed by atoms with van der Waals surface area (Å²) in [6, 6.07) is 11.1. The molecule has 0 bridgehead atoms. The number of oxime groups is 1. The zero-order valence-electron chi connectivity index (χ0n) is 20.9. The van der Waals surface area contributed by atoms with E-state index in [1.165, 1.54) is 5.06 Å². The van der Waals surface area contributed by atoms with E-state index in [0.717, 1.165) is 31.2 Å². The monoisotopic (exact) mass is 526 g/mol. The molecule has 2 amide bonds. The van der Waals surface area contributed by atoms with Crippen LogP contribution in [0.25, 0.3) is 0 Å². The number of aromatic nitrogens is 1. The average molecular weight is 527 g/mol. The lowest BCUT2D eigenvalue weighted by Gasteiger charge is -2.39. The van der Waals surface area contributed by atoms with Crippen molar-refractivity contribution >= 4 is 40.9 Å². The maximum Gasteiger partial charge on any atom is 0.436 e. The number of hydrogen-bond acceptors (Lipinski definition) is 8. The van der Waals surface area contributed by atoms with Crippen molar-refractivity contribution in [3.63, 3.8) is 0 Å². The first-order valence-electron chi connectivity index (χ1n) is 12.8. The fourth-order valence-electron chi connectivity index (χ4n) is 5.09. The number of pyridine rings is 1. The minimum atomic E-state index is -0.964. The molecule has 1 aliphatic carbocycles. The summed E-state index contributed by atoms with van der Waals surface area (Å²) in [6.45, 7) is 4.04. The number of amides is 2. The first-order valence-corrected chi connectivity index (χ1v) is 13.2. The lowest BCUT2D eigenvalue weighted by atomic mass is 9.91. The molecule has 1 aromatic heterocycles. The van der Waals surface area contributed by atoms with Crippen LogP contribution >= 0.6 is 11.6 Å². The van der Waals surface area contributed by atoms with Crippen LogP contribution in [0.2, 0.25) is 5.02 Å². The number of benzene rings is 1. The van der Waals surface area contributed by atoms with Crippen LogP contribution in [0.4, 0.5) is 16.3 Å². The smallest absolute Gasteiger partial charge is 0.362 e. The van der Waals surface area contributed by atoms with Crippen molar-refractivity contribution < 1.29 is 19.3 Å². The van der Waals surface area contributed by atoms with Crippen LogP contribution in [0.1, 0.15) is 44.6 Å². The van der Waals surface area contributed by atoms with E-state index in [0.29, 0.717) is 55.5 Å². The number of carbonyl (C=O) groups excluding carboxylic acids is 2. The fraction of sp³-hybridized carbons (Fsp3) is 0.462. The van der Waals surface area contributed by atoms with Gasteiger partial charge in [0.2, 0.25) is 5.72 Å². The van der Waals surface area contributed by atoms with Gasteiger partial charge < -0.3 is 19.5 Å². The van der Waals surface area contributed by atoms with E-state index in [-0.39, 0.29) is 11.7 Å². The van der Waals surface area contributed by atoms with Crippen molar-refractivity contribution in [2.24, 2.45) is 5.16 Å². The van der Waals surface area contributed by atoms with Gasteiger partial charge in [0, 0.05) is 50.9 Å². The number of nitrogens with one attached hydrogen (secondary N) is 1. The Labute approximate surface area is 221 Å². The second-order valence-corrected chi connectivity index (χ2v) is 9.82. The van der Waals surface area contributed by atoms with Crippen molar-refractivity contribution in [2.45, 2.75) is 51.2 Å². The molecule has 1 saturated heterocycles. The maximum atomic E-state index is 13.6. The quantitative estimate of drug-likeness (QED) is 0.615. The fourth-order valence-corrected chi connectivity index (χ4v) is 5.33. The molecule has 3 heterocycles. The first-order chi connectivity index (χ1) is 18.0. The largest absolute Gasteiger partial charge is 0.436 e. The second-order valence-electron chi connectivity index (χ2n) is 9.41. The van der Waals surface area contributed by atoms with Gasteiger partial charge in [0.1, 0.15) is 5.82 Å². The summed E-state index contributed by atoms with van der Waals surface area (Å²) in [7, 11) is 0. The minimum absolute atomic E-state index is 0.00912. The van der Waals surface area contributed by atoms with Crippen LogP contribution in [0.5, 0.6) is 0 Å². The molecule has 2 fully saturated rings. The molecular formula is C26H31ClN6O4. The number of aryl methyl sites for hydroxylation is 1. The Kier molecular flexibility index (Phi) is 7.36. The van der Waals surface area contributed by atoms with E-state index < -0.39 is 11.8 Å². The van der Waals surface area contributed by atoms with Gasteiger partial charge in [-0.2, -0.15) is 0 Å². The summed E-state index contributed by atoms with van der Waals surface area (Å²) >= 11 is 6.31. The standard InChI is InChI=1S/C26H31ClN6O4/c1-2-19-9-4-5-11-21(19)29-25(35)36-33-23(30-37-26(33)12-6-3-7-13-26)24(34)32-17-15-31(16-18-32)22-20(27)10-8-14-28-22/h4-5,8-11,14H,2-3,6-7,12-13,15-18H2,1H3,(H,29,35).